The summed E-state index contributed by atoms with van der Waals surface area (Å²) in [5, 5.41) is 8.02. The van der Waals surface area contributed by atoms with Crippen molar-refractivity contribution in [1.82, 2.24) is 20.0 Å². The molecule has 9 nitrogen and oxygen atoms in total. The third kappa shape index (κ3) is 6.09. The molecule has 4 heterocycles. The molecule has 2 fully saturated rings. The van der Waals surface area contributed by atoms with Crippen molar-refractivity contribution < 1.29 is 23.9 Å². The highest BCUT2D eigenvalue weighted by Crippen LogP contribution is 2.39. The van der Waals surface area contributed by atoms with E-state index in [9.17, 15) is 14.4 Å². The summed E-state index contributed by atoms with van der Waals surface area (Å²) in [5.41, 5.74) is 3.02. The van der Waals surface area contributed by atoms with Gasteiger partial charge in [-0.05, 0) is 69.1 Å². The van der Waals surface area contributed by atoms with E-state index < -0.39 is 11.4 Å². The Morgan fingerprint density at radius 2 is 1.85 bits per heavy atom. The van der Waals surface area contributed by atoms with E-state index in [1.165, 1.54) is 0 Å². The second-order valence-corrected chi connectivity index (χ2v) is 12.4. The Labute approximate surface area is 236 Å². The molecule has 9 heteroatoms. The van der Waals surface area contributed by atoms with Crippen molar-refractivity contribution in [2.24, 2.45) is 10.8 Å². The lowest BCUT2D eigenvalue weighted by molar-refractivity contribution is 0.0159. The molecule has 1 aromatic heterocycles. The molecule has 0 bridgehead atoms. The third-order valence-corrected chi connectivity index (χ3v) is 8.61. The van der Waals surface area contributed by atoms with Gasteiger partial charge in [-0.3, -0.25) is 14.3 Å². The van der Waals surface area contributed by atoms with Crippen LogP contribution in [0, 0.1) is 10.8 Å². The number of aryl methyl sites for hydroxylation is 1. The highest BCUT2D eigenvalue weighted by atomic mass is 16.5. The van der Waals surface area contributed by atoms with E-state index in [0.717, 1.165) is 62.9 Å². The number of piperidine rings is 1. The number of hydrogen-bond acceptors (Lipinski definition) is 6. The van der Waals surface area contributed by atoms with E-state index in [0.29, 0.717) is 49.5 Å². The maximum absolute atomic E-state index is 13.1. The first kappa shape index (κ1) is 28.3. The van der Waals surface area contributed by atoms with Gasteiger partial charge in [-0.1, -0.05) is 19.9 Å². The molecule has 40 heavy (non-hydrogen) atoms. The van der Waals surface area contributed by atoms with Gasteiger partial charge in [-0.25, -0.2) is 4.79 Å². The lowest BCUT2D eigenvalue weighted by Crippen LogP contribution is -2.40. The standard InChI is InChI=1S/C31H42N4O5/c1-4-35-26-24(18-31(20-32-27(26)36)11-15-39-16-12-31)25(33-35)19-30(2,3)21-40-29(38)23-10-8-9-22(17-23)28(37)34-13-6-5-7-14-34/h8-10,17H,4-7,11-16,18-21H2,1-3H3,(H,32,36). The number of ether oxygens (including phenoxy) is 2. The van der Waals surface area contributed by atoms with E-state index in [1.54, 1.807) is 24.3 Å². The molecule has 1 aromatic carbocycles. The zero-order valence-electron chi connectivity index (χ0n) is 24.1. The largest absolute Gasteiger partial charge is 0.462 e. The molecule has 216 valence electrons. The molecule has 0 atom stereocenters. The molecule has 1 N–H and O–H groups in total. The molecule has 1 spiro atoms. The minimum absolute atomic E-state index is 0.0250. The van der Waals surface area contributed by atoms with Gasteiger partial charge < -0.3 is 19.7 Å². The Balaban J connectivity index is 1.29. The second kappa shape index (κ2) is 11.7. The molecule has 3 aliphatic heterocycles. The maximum atomic E-state index is 13.1. The molecule has 5 rings (SSSR count). The van der Waals surface area contributed by atoms with Crippen LogP contribution in [0.1, 0.15) is 95.3 Å². The average molecular weight is 551 g/mol. The number of aromatic nitrogens is 2. The zero-order valence-corrected chi connectivity index (χ0v) is 24.1. The van der Waals surface area contributed by atoms with Crippen LogP contribution in [-0.4, -0.2) is 71.9 Å². The number of nitrogens with zero attached hydrogens (tertiary/aromatic N) is 3. The first-order valence-corrected chi connectivity index (χ1v) is 14.7. The molecule has 0 aliphatic carbocycles. The van der Waals surface area contributed by atoms with Crippen LogP contribution in [0.15, 0.2) is 24.3 Å². The molecular formula is C31H42N4O5. The van der Waals surface area contributed by atoms with Gasteiger partial charge in [0.25, 0.3) is 11.8 Å². The molecule has 0 saturated carbocycles. The lowest BCUT2D eigenvalue weighted by atomic mass is 9.74. The Kier molecular flexibility index (Phi) is 8.31. The van der Waals surface area contributed by atoms with Crippen molar-refractivity contribution in [2.75, 3.05) is 39.5 Å². The van der Waals surface area contributed by atoms with Crippen LogP contribution < -0.4 is 5.32 Å². The van der Waals surface area contributed by atoms with Crippen LogP contribution in [0.5, 0.6) is 0 Å². The van der Waals surface area contributed by atoms with Crippen molar-refractivity contribution in [3.8, 4) is 0 Å². The van der Waals surface area contributed by atoms with E-state index in [2.05, 4.69) is 19.2 Å². The molecule has 2 saturated heterocycles. The predicted octanol–water partition coefficient (Wildman–Crippen LogP) is 4.04. The summed E-state index contributed by atoms with van der Waals surface area (Å²) in [6, 6.07) is 6.83. The number of nitrogens with one attached hydrogen (secondary N) is 1. The highest BCUT2D eigenvalue weighted by molar-refractivity contribution is 5.98. The molecule has 2 amide bonds. The minimum atomic E-state index is -0.445. The summed E-state index contributed by atoms with van der Waals surface area (Å²) in [7, 11) is 0. The van der Waals surface area contributed by atoms with Gasteiger partial charge in [0.2, 0.25) is 0 Å². The van der Waals surface area contributed by atoms with Crippen LogP contribution in [-0.2, 0) is 28.9 Å². The van der Waals surface area contributed by atoms with E-state index in [4.69, 9.17) is 14.6 Å². The van der Waals surface area contributed by atoms with Crippen molar-refractivity contribution in [2.45, 2.75) is 72.3 Å². The number of carbonyl (C=O) groups excluding carboxylic acids is 3. The first-order valence-electron chi connectivity index (χ1n) is 14.7. The Hall–Kier alpha value is -3.20. The van der Waals surface area contributed by atoms with Gasteiger partial charge in [-0.15, -0.1) is 0 Å². The van der Waals surface area contributed by atoms with E-state index in [1.807, 2.05) is 16.5 Å². The summed E-state index contributed by atoms with van der Waals surface area (Å²) in [5.74, 6) is -0.546. The second-order valence-electron chi connectivity index (χ2n) is 12.4. The number of hydrogen-bond donors (Lipinski definition) is 1. The van der Waals surface area contributed by atoms with Crippen LogP contribution in [0.3, 0.4) is 0 Å². The summed E-state index contributed by atoms with van der Waals surface area (Å²) in [4.78, 5) is 41.0. The summed E-state index contributed by atoms with van der Waals surface area (Å²) >= 11 is 0. The van der Waals surface area contributed by atoms with Crippen molar-refractivity contribution in [1.29, 1.82) is 0 Å². The fraction of sp³-hybridized carbons (Fsp3) is 0.613. The van der Waals surface area contributed by atoms with Crippen molar-refractivity contribution in [3.05, 3.63) is 52.3 Å². The summed E-state index contributed by atoms with van der Waals surface area (Å²) in [6.07, 6.45) is 6.35. The Bertz CT molecular complexity index is 1250. The number of amides is 2. The quantitative estimate of drug-likeness (QED) is 0.522. The fourth-order valence-electron chi connectivity index (χ4n) is 6.21. The minimum Gasteiger partial charge on any atom is -0.462 e. The monoisotopic (exact) mass is 550 g/mol. The van der Waals surface area contributed by atoms with Crippen LogP contribution in [0.25, 0.3) is 0 Å². The predicted molar refractivity (Wildman–Crippen MR) is 150 cm³/mol. The van der Waals surface area contributed by atoms with Crippen molar-refractivity contribution >= 4 is 17.8 Å². The number of fused-ring (bicyclic) bond motifs is 1. The molecular weight excluding hydrogens is 508 g/mol. The Morgan fingerprint density at radius 3 is 2.58 bits per heavy atom. The maximum Gasteiger partial charge on any atom is 0.338 e. The van der Waals surface area contributed by atoms with E-state index in [-0.39, 0.29) is 23.8 Å². The number of carbonyl (C=O) groups is 3. The van der Waals surface area contributed by atoms with Gasteiger partial charge in [-0.2, -0.15) is 5.10 Å². The van der Waals surface area contributed by atoms with Crippen LogP contribution in [0.2, 0.25) is 0 Å². The first-order chi connectivity index (χ1) is 19.2. The summed E-state index contributed by atoms with van der Waals surface area (Å²) < 4.78 is 13.2. The fourth-order valence-corrected chi connectivity index (χ4v) is 6.21. The average Bonchev–Trinajstić information content (AvgIpc) is 3.23. The number of rotatable bonds is 7. The third-order valence-electron chi connectivity index (χ3n) is 8.61. The van der Waals surface area contributed by atoms with Gasteiger partial charge >= 0.3 is 5.97 Å². The number of esters is 1. The SMILES string of the molecule is CCn1nc(CC(C)(C)COC(=O)c2cccc(C(=O)N3CCCCC3)c2)c2c1C(=O)NCC1(CCOCC1)C2. The van der Waals surface area contributed by atoms with Gasteiger partial charge in [0, 0.05) is 62.4 Å². The lowest BCUT2D eigenvalue weighted by Gasteiger charge is -2.36. The molecule has 2 aromatic rings. The highest BCUT2D eigenvalue weighted by Gasteiger charge is 2.40. The topological polar surface area (TPSA) is 103 Å². The van der Waals surface area contributed by atoms with Crippen molar-refractivity contribution in [3.63, 3.8) is 0 Å². The van der Waals surface area contributed by atoms with Crippen LogP contribution >= 0.6 is 0 Å². The molecule has 3 aliphatic rings. The van der Waals surface area contributed by atoms with Gasteiger partial charge in [0.1, 0.15) is 5.69 Å². The smallest absolute Gasteiger partial charge is 0.338 e. The van der Waals surface area contributed by atoms with E-state index >= 15 is 0 Å². The van der Waals surface area contributed by atoms with Crippen LogP contribution in [0.4, 0.5) is 0 Å². The Morgan fingerprint density at radius 1 is 1.12 bits per heavy atom. The zero-order chi connectivity index (χ0) is 28.3. The van der Waals surface area contributed by atoms with Gasteiger partial charge in [0.05, 0.1) is 17.9 Å². The summed E-state index contributed by atoms with van der Waals surface area (Å²) in [6.45, 7) is 10.5. The van der Waals surface area contributed by atoms with Gasteiger partial charge in [0.15, 0.2) is 0 Å². The molecule has 0 unspecified atom stereocenters. The molecule has 0 radical (unpaired) electrons. The number of likely N-dealkylation sites (tertiary alicyclic amines) is 1. The normalized spacial score (nSPS) is 19.1. The number of benzene rings is 1.